The first-order valence-electron chi connectivity index (χ1n) is 5.73. The van der Waals surface area contributed by atoms with Crippen molar-refractivity contribution in [3.05, 3.63) is 0 Å². The minimum atomic E-state index is -0.0741. The summed E-state index contributed by atoms with van der Waals surface area (Å²) in [5.41, 5.74) is 6.12. The summed E-state index contributed by atoms with van der Waals surface area (Å²) in [7, 11) is 0. The molecule has 0 radical (unpaired) electrons. The SMILES string of the molecule is CC(CN)C(=O)NCC1C(C)(C)C1(C)C. The molecule has 1 fully saturated rings. The Bertz CT molecular complexity index is 244. The normalized spacial score (nSPS) is 24.7. The summed E-state index contributed by atoms with van der Waals surface area (Å²) < 4.78 is 0. The molecule has 1 aliphatic rings. The zero-order valence-corrected chi connectivity index (χ0v) is 10.6. The predicted molar refractivity (Wildman–Crippen MR) is 62.3 cm³/mol. The summed E-state index contributed by atoms with van der Waals surface area (Å²) >= 11 is 0. The number of carbonyl (C=O) groups excluding carboxylic acids is 1. The molecule has 15 heavy (non-hydrogen) atoms. The van der Waals surface area contributed by atoms with Crippen LogP contribution in [0.4, 0.5) is 0 Å². The second kappa shape index (κ2) is 3.78. The highest BCUT2D eigenvalue weighted by Crippen LogP contribution is 2.67. The smallest absolute Gasteiger partial charge is 0.224 e. The van der Waals surface area contributed by atoms with Gasteiger partial charge < -0.3 is 11.1 Å². The van der Waals surface area contributed by atoms with Gasteiger partial charge in [-0.25, -0.2) is 0 Å². The molecular weight excluding hydrogens is 188 g/mol. The molecule has 1 amide bonds. The Morgan fingerprint density at radius 2 is 1.80 bits per heavy atom. The third-order valence-corrected chi connectivity index (χ3v) is 4.60. The Kier molecular flexibility index (Phi) is 3.15. The molecule has 0 bridgehead atoms. The molecule has 1 atom stereocenters. The fourth-order valence-electron chi connectivity index (χ4n) is 2.33. The number of nitrogens with two attached hydrogens (primary N) is 1. The van der Waals surface area contributed by atoms with Gasteiger partial charge in [0.25, 0.3) is 0 Å². The summed E-state index contributed by atoms with van der Waals surface area (Å²) in [6.45, 7) is 12.1. The van der Waals surface area contributed by atoms with E-state index in [1.54, 1.807) is 0 Å². The number of carbonyl (C=O) groups is 1. The number of hydrogen-bond donors (Lipinski definition) is 2. The summed E-state index contributed by atoms with van der Waals surface area (Å²) in [6.07, 6.45) is 0. The lowest BCUT2D eigenvalue weighted by molar-refractivity contribution is -0.124. The van der Waals surface area contributed by atoms with Crippen LogP contribution in [0.2, 0.25) is 0 Å². The first kappa shape index (κ1) is 12.5. The van der Waals surface area contributed by atoms with Gasteiger partial charge in [-0.15, -0.1) is 0 Å². The Labute approximate surface area is 92.8 Å². The van der Waals surface area contributed by atoms with E-state index in [0.29, 0.717) is 23.3 Å². The molecule has 3 heteroatoms. The van der Waals surface area contributed by atoms with Crippen LogP contribution >= 0.6 is 0 Å². The Morgan fingerprint density at radius 1 is 1.33 bits per heavy atom. The maximum atomic E-state index is 11.5. The van der Waals surface area contributed by atoms with Gasteiger partial charge in [-0.1, -0.05) is 34.6 Å². The maximum Gasteiger partial charge on any atom is 0.224 e. The van der Waals surface area contributed by atoms with Crippen molar-refractivity contribution in [2.45, 2.75) is 34.6 Å². The van der Waals surface area contributed by atoms with Crippen LogP contribution in [0.25, 0.3) is 0 Å². The van der Waals surface area contributed by atoms with Crippen LogP contribution in [0, 0.1) is 22.7 Å². The van der Waals surface area contributed by atoms with Crippen molar-refractivity contribution in [1.29, 1.82) is 0 Å². The fourth-order valence-corrected chi connectivity index (χ4v) is 2.33. The van der Waals surface area contributed by atoms with Gasteiger partial charge in [0.05, 0.1) is 0 Å². The van der Waals surface area contributed by atoms with Gasteiger partial charge in [0.15, 0.2) is 0 Å². The van der Waals surface area contributed by atoms with Crippen molar-refractivity contribution >= 4 is 5.91 Å². The fraction of sp³-hybridized carbons (Fsp3) is 0.917. The van der Waals surface area contributed by atoms with Crippen LogP contribution in [0.5, 0.6) is 0 Å². The summed E-state index contributed by atoms with van der Waals surface area (Å²) in [5, 5.41) is 2.99. The van der Waals surface area contributed by atoms with E-state index in [2.05, 4.69) is 33.0 Å². The summed E-state index contributed by atoms with van der Waals surface area (Å²) in [5.74, 6) is 0.588. The quantitative estimate of drug-likeness (QED) is 0.739. The third kappa shape index (κ3) is 2.03. The average molecular weight is 212 g/mol. The third-order valence-electron chi connectivity index (χ3n) is 4.60. The van der Waals surface area contributed by atoms with Crippen molar-refractivity contribution in [3.63, 3.8) is 0 Å². The van der Waals surface area contributed by atoms with Crippen LogP contribution in [-0.4, -0.2) is 19.0 Å². The highest BCUT2D eigenvalue weighted by Gasteiger charge is 2.64. The van der Waals surface area contributed by atoms with Crippen LogP contribution in [0.3, 0.4) is 0 Å². The van der Waals surface area contributed by atoms with Gasteiger partial charge >= 0.3 is 0 Å². The zero-order valence-electron chi connectivity index (χ0n) is 10.6. The van der Waals surface area contributed by atoms with Crippen molar-refractivity contribution in [2.24, 2.45) is 28.4 Å². The second-order valence-electron chi connectivity index (χ2n) is 5.88. The number of rotatable bonds is 4. The number of amides is 1. The number of nitrogens with one attached hydrogen (secondary N) is 1. The monoisotopic (exact) mass is 212 g/mol. The topological polar surface area (TPSA) is 55.1 Å². The first-order valence-corrected chi connectivity index (χ1v) is 5.73. The molecule has 3 N–H and O–H groups in total. The molecule has 88 valence electrons. The van der Waals surface area contributed by atoms with E-state index >= 15 is 0 Å². The molecule has 1 rings (SSSR count). The lowest BCUT2D eigenvalue weighted by Crippen LogP contribution is -2.35. The van der Waals surface area contributed by atoms with Gasteiger partial charge in [-0.3, -0.25) is 4.79 Å². The van der Waals surface area contributed by atoms with E-state index in [0.717, 1.165) is 6.54 Å². The molecule has 0 heterocycles. The molecule has 0 aromatic rings. The minimum Gasteiger partial charge on any atom is -0.356 e. The minimum absolute atomic E-state index is 0.0741. The highest BCUT2D eigenvalue weighted by molar-refractivity contribution is 5.78. The lowest BCUT2D eigenvalue weighted by Gasteiger charge is -2.10. The molecule has 0 spiro atoms. The predicted octanol–water partition coefficient (Wildman–Crippen LogP) is 1.38. The average Bonchev–Trinajstić information content (AvgIpc) is 2.53. The summed E-state index contributed by atoms with van der Waals surface area (Å²) in [4.78, 5) is 11.5. The van der Waals surface area contributed by atoms with E-state index in [1.165, 1.54) is 0 Å². The van der Waals surface area contributed by atoms with E-state index in [-0.39, 0.29) is 11.8 Å². The molecule has 0 aromatic carbocycles. The molecular formula is C12H24N2O. The molecule has 1 aliphatic carbocycles. The summed E-state index contributed by atoms with van der Waals surface area (Å²) in [6, 6.07) is 0. The largest absolute Gasteiger partial charge is 0.356 e. The van der Waals surface area contributed by atoms with Crippen LogP contribution < -0.4 is 11.1 Å². The van der Waals surface area contributed by atoms with Crippen LogP contribution in [-0.2, 0) is 4.79 Å². The zero-order chi connectivity index (χ0) is 11.9. The van der Waals surface area contributed by atoms with Gasteiger partial charge in [-0.05, 0) is 16.7 Å². The van der Waals surface area contributed by atoms with Crippen LogP contribution in [0.1, 0.15) is 34.6 Å². The van der Waals surface area contributed by atoms with Crippen molar-refractivity contribution < 1.29 is 4.79 Å². The van der Waals surface area contributed by atoms with Gasteiger partial charge in [0, 0.05) is 19.0 Å². The van der Waals surface area contributed by atoms with E-state index < -0.39 is 0 Å². The van der Waals surface area contributed by atoms with E-state index in [4.69, 9.17) is 5.73 Å². The maximum absolute atomic E-state index is 11.5. The van der Waals surface area contributed by atoms with Crippen LogP contribution in [0.15, 0.2) is 0 Å². The van der Waals surface area contributed by atoms with Gasteiger partial charge in [0.1, 0.15) is 0 Å². The standard InChI is InChI=1S/C12H24N2O/c1-8(6-13)10(15)14-7-9-11(2,3)12(9,4)5/h8-9H,6-7,13H2,1-5H3,(H,14,15). The Balaban J connectivity index is 2.38. The van der Waals surface area contributed by atoms with Crippen molar-refractivity contribution in [1.82, 2.24) is 5.32 Å². The Morgan fingerprint density at radius 3 is 2.13 bits per heavy atom. The van der Waals surface area contributed by atoms with Crippen molar-refractivity contribution in [2.75, 3.05) is 13.1 Å². The molecule has 0 aromatic heterocycles. The molecule has 1 saturated carbocycles. The van der Waals surface area contributed by atoms with E-state index in [9.17, 15) is 4.79 Å². The van der Waals surface area contributed by atoms with E-state index in [1.807, 2.05) is 6.92 Å². The molecule has 3 nitrogen and oxygen atoms in total. The van der Waals surface area contributed by atoms with Gasteiger partial charge in [-0.2, -0.15) is 0 Å². The van der Waals surface area contributed by atoms with Gasteiger partial charge in [0.2, 0.25) is 5.91 Å². The highest BCUT2D eigenvalue weighted by atomic mass is 16.1. The Hall–Kier alpha value is -0.570. The first-order chi connectivity index (χ1) is 6.75. The second-order valence-corrected chi connectivity index (χ2v) is 5.88. The van der Waals surface area contributed by atoms with Crippen molar-refractivity contribution in [3.8, 4) is 0 Å². The molecule has 0 aliphatic heterocycles. The molecule has 0 saturated heterocycles. The number of hydrogen-bond acceptors (Lipinski definition) is 2. The lowest BCUT2D eigenvalue weighted by atomic mass is 10.0. The molecule has 1 unspecified atom stereocenters.